The van der Waals surface area contributed by atoms with Gasteiger partial charge in [0.1, 0.15) is 18.8 Å². The van der Waals surface area contributed by atoms with Gasteiger partial charge < -0.3 is 55.4 Å². The Bertz CT molecular complexity index is 2510. The Kier molecular flexibility index (Phi) is 13.1. The standard InChI is InChI=1S/C35H46N10O13P2/c1-41(2)22-10-8-20-15-21-9-11-23(42(3)4)17-25(21)44(24(20)16-22)14-6-7-27(46)37-12-13-38-35(49)57-30-29(47)26(18-55-60(53,54)58-59(50,51)52)56-33(30)45-19-43(5)28-31(45)39-34(36)40-32(28)48/h8-11,15-17,19,26,29-30,33,47H,6-7,12-14,18H2,1-5H3,(H6-2,36,37,38,39,40,46,48,49,50,51,52,53,54)/p+2/t26-,29-,30-,33-/m1/s1. The lowest BCUT2D eigenvalue weighted by molar-refractivity contribution is -0.745. The summed E-state index contributed by atoms with van der Waals surface area (Å²) >= 11 is 0. The van der Waals surface area contributed by atoms with E-state index < -0.39 is 58.4 Å². The highest BCUT2D eigenvalue weighted by Crippen LogP contribution is 2.57. The molecule has 2 aromatic carbocycles. The second-order valence-electron chi connectivity index (χ2n) is 14.5. The van der Waals surface area contributed by atoms with Gasteiger partial charge in [-0.05, 0) is 30.3 Å². The zero-order valence-electron chi connectivity index (χ0n) is 33.3. The van der Waals surface area contributed by atoms with Crippen LogP contribution in [-0.2, 0) is 45.8 Å². The molecule has 1 aliphatic rings. The summed E-state index contributed by atoms with van der Waals surface area (Å²) in [5, 5.41) is 18.6. The van der Waals surface area contributed by atoms with Crippen LogP contribution in [-0.4, -0.2) is 113 Å². The molecule has 23 nitrogen and oxygen atoms in total. The highest BCUT2D eigenvalue weighted by molar-refractivity contribution is 7.60. The van der Waals surface area contributed by atoms with Gasteiger partial charge in [-0.25, -0.2) is 18.5 Å². The van der Waals surface area contributed by atoms with E-state index in [0.717, 1.165) is 33.2 Å². The summed E-state index contributed by atoms with van der Waals surface area (Å²) in [7, 11) is -1.40. The topological polar surface area (TPSA) is 301 Å². The molecule has 4 heterocycles. The van der Waals surface area contributed by atoms with Gasteiger partial charge in [-0.3, -0.25) is 23.7 Å². The Hall–Kier alpha value is -5.22. The number of rotatable bonds is 16. The number of fused-ring (bicyclic) bond motifs is 3. The van der Waals surface area contributed by atoms with E-state index in [1.807, 2.05) is 38.0 Å². The molecule has 0 bridgehead atoms. The number of ether oxygens (including phenoxy) is 2. The number of amides is 2. The lowest BCUT2D eigenvalue weighted by atomic mass is 10.1. The van der Waals surface area contributed by atoms with Gasteiger partial charge in [-0.1, -0.05) is 4.98 Å². The second-order valence-corrected chi connectivity index (χ2v) is 17.3. The van der Waals surface area contributed by atoms with Crippen LogP contribution in [0.1, 0.15) is 19.1 Å². The zero-order valence-corrected chi connectivity index (χ0v) is 35.1. The van der Waals surface area contributed by atoms with E-state index in [4.69, 9.17) is 25.0 Å². The number of phosphoric acid groups is 2. The van der Waals surface area contributed by atoms with Gasteiger partial charge in [0.15, 0.2) is 12.4 Å². The molecule has 25 heteroatoms. The molecule has 1 saturated heterocycles. The molecule has 1 unspecified atom stereocenters. The van der Waals surface area contributed by atoms with E-state index >= 15 is 0 Å². The second kappa shape index (κ2) is 17.8. The maximum absolute atomic E-state index is 13.0. The Morgan fingerprint density at radius 3 is 2.22 bits per heavy atom. The third-order valence-corrected chi connectivity index (χ3v) is 11.8. The molecule has 5 aromatic rings. The molecule has 60 heavy (non-hydrogen) atoms. The average Bonchev–Trinajstić information content (AvgIpc) is 3.65. The predicted octanol–water partition coefficient (Wildman–Crippen LogP) is 0.0332. The molecule has 0 saturated carbocycles. The van der Waals surface area contributed by atoms with Crippen LogP contribution >= 0.6 is 15.6 Å². The molecule has 9 N–H and O–H groups in total. The molecule has 0 spiro atoms. The van der Waals surface area contributed by atoms with E-state index in [0.29, 0.717) is 13.0 Å². The number of phosphoric ester groups is 1. The van der Waals surface area contributed by atoms with Gasteiger partial charge in [0, 0.05) is 88.4 Å². The van der Waals surface area contributed by atoms with Crippen molar-refractivity contribution in [2.75, 3.05) is 63.4 Å². The van der Waals surface area contributed by atoms with Crippen molar-refractivity contribution in [2.24, 2.45) is 7.05 Å². The first-order chi connectivity index (χ1) is 28.2. The number of carbonyl (C=O) groups is 2. The maximum Gasteiger partial charge on any atom is 0.481 e. The Morgan fingerprint density at radius 2 is 1.62 bits per heavy atom. The summed E-state index contributed by atoms with van der Waals surface area (Å²) in [6, 6.07) is 14.7. The number of anilines is 3. The molecule has 6 rings (SSSR count). The van der Waals surface area contributed by atoms with Crippen LogP contribution < -0.4 is 40.9 Å². The largest absolute Gasteiger partial charge is 0.481 e. The van der Waals surface area contributed by atoms with Crippen LogP contribution in [0, 0.1) is 0 Å². The number of H-pyrrole nitrogens is 1. The van der Waals surface area contributed by atoms with E-state index in [-0.39, 0.29) is 42.5 Å². The number of nitrogen functional groups attached to an aromatic ring is 1. The fraction of sp³-hybridized carbons (Fsp3) is 0.429. The number of nitrogens with zero attached hydrogens (tertiary/aromatic N) is 6. The van der Waals surface area contributed by atoms with Crippen molar-refractivity contribution in [3.8, 4) is 0 Å². The van der Waals surface area contributed by atoms with Crippen LogP contribution in [0.2, 0.25) is 0 Å². The van der Waals surface area contributed by atoms with Crippen LogP contribution in [0.5, 0.6) is 0 Å². The minimum absolute atomic E-state index is 0.0235. The SMILES string of the molecule is CN(C)c1ccc2cc3ccc(N(C)C)cc3[n+](CCCC(=O)NCCNC(=O)O[C@@H]3[C@H](O)[C@@H](COP(=O)(O)OP(=O)(O)O)O[C@H]3[n+]3cn(C)c4c(=O)[nH]c(N)nc43)c2c1. The number of pyridine rings is 1. The number of hydrogen-bond donors (Lipinski definition) is 8. The number of nitrogens with two attached hydrogens (primary N) is 1. The minimum atomic E-state index is -5.46. The number of alkyl carbamates (subject to hydrolysis) is 1. The van der Waals surface area contributed by atoms with Crippen molar-refractivity contribution in [1.82, 2.24) is 25.2 Å². The van der Waals surface area contributed by atoms with Crippen molar-refractivity contribution in [1.29, 1.82) is 0 Å². The molecule has 3 aromatic heterocycles. The number of aryl methyl sites for hydroxylation is 2. The number of aromatic amines is 1. The molecular weight excluding hydrogens is 830 g/mol. The first-order valence-electron chi connectivity index (χ1n) is 18.5. The molecule has 0 radical (unpaired) electrons. The third kappa shape index (κ3) is 10.2. The lowest BCUT2D eigenvalue weighted by Gasteiger charge is -2.20. The van der Waals surface area contributed by atoms with E-state index in [9.17, 15) is 33.5 Å². The number of nitrogens with one attached hydrogen (secondary N) is 3. The summed E-state index contributed by atoms with van der Waals surface area (Å²) < 4.78 is 47.9. The van der Waals surface area contributed by atoms with Gasteiger partial charge in [0.05, 0.1) is 13.7 Å². The molecule has 5 atom stereocenters. The molecule has 1 fully saturated rings. The number of carbonyl (C=O) groups excluding carboxylic acids is 2. The van der Waals surface area contributed by atoms with Crippen LogP contribution in [0.25, 0.3) is 33.0 Å². The van der Waals surface area contributed by atoms with Gasteiger partial charge in [0.25, 0.3) is 11.5 Å². The summed E-state index contributed by atoms with van der Waals surface area (Å²) in [6.45, 7) is -0.479. The third-order valence-electron chi connectivity index (χ3n) is 9.69. The van der Waals surface area contributed by atoms with Gasteiger partial charge >= 0.3 is 27.4 Å². The normalized spacial score (nSPS) is 19.1. The monoisotopic (exact) mass is 878 g/mol. The average molecular weight is 879 g/mol. The van der Waals surface area contributed by atoms with E-state index in [1.165, 1.54) is 22.5 Å². The predicted molar refractivity (Wildman–Crippen MR) is 216 cm³/mol. The molecule has 1 aliphatic heterocycles. The highest BCUT2D eigenvalue weighted by Gasteiger charge is 2.51. The minimum Gasteiger partial charge on any atom is -0.437 e. The van der Waals surface area contributed by atoms with Gasteiger partial charge in [-0.2, -0.15) is 8.88 Å². The Balaban J connectivity index is 1.08. The van der Waals surface area contributed by atoms with Crippen LogP contribution in [0.3, 0.4) is 0 Å². The quantitative estimate of drug-likeness (QED) is 0.0281. The first kappa shape index (κ1) is 44.3. The summed E-state index contributed by atoms with van der Waals surface area (Å²) in [5.41, 5.74) is 9.26. The van der Waals surface area contributed by atoms with Crippen molar-refractivity contribution in [3.63, 3.8) is 0 Å². The highest BCUT2D eigenvalue weighted by atomic mass is 31.3. The van der Waals surface area contributed by atoms with Crippen molar-refractivity contribution in [2.45, 2.75) is 43.9 Å². The number of imidazole rings is 1. The maximum atomic E-state index is 13.0. The Labute approximate surface area is 342 Å². The lowest BCUT2D eigenvalue weighted by Crippen LogP contribution is -2.49. The summed E-state index contributed by atoms with van der Waals surface area (Å²) in [5.74, 6) is -0.518. The molecular formula is C35H48N10O13P2+2. The fourth-order valence-corrected chi connectivity index (χ4v) is 8.48. The van der Waals surface area contributed by atoms with Crippen LogP contribution in [0.15, 0.2) is 53.6 Å². The number of hydrogen-bond acceptors (Lipinski definition) is 14. The number of aromatic nitrogens is 5. The van der Waals surface area contributed by atoms with E-state index in [1.54, 1.807) is 0 Å². The number of aliphatic hydroxyl groups excluding tert-OH is 1. The van der Waals surface area contributed by atoms with Gasteiger partial charge in [0.2, 0.25) is 28.7 Å². The molecule has 324 valence electrons. The van der Waals surface area contributed by atoms with Crippen molar-refractivity contribution >= 4 is 77.9 Å². The Morgan fingerprint density at radius 1 is 1.00 bits per heavy atom. The van der Waals surface area contributed by atoms with Crippen molar-refractivity contribution in [3.05, 3.63) is 59.1 Å². The number of aliphatic hydroxyl groups is 1. The van der Waals surface area contributed by atoms with Gasteiger partial charge in [-0.15, -0.1) is 0 Å². The molecule has 0 aliphatic carbocycles. The summed E-state index contributed by atoms with van der Waals surface area (Å²) in [4.78, 5) is 76.8. The smallest absolute Gasteiger partial charge is 0.437 e. The van der Waals surface area contributed by atoms with Crippen molar-refractivity contribution < 1.29 is 65.9 Å². The zero-order chi connectivity index (χ0) is 43.7. The first-order valence-corrected chi connectivity index (χ1v) is 21.5. The number of benzene rings is 2. The fourth-order valence-electron chi connectivity index (χ4n) is 6.88. The summed E-state index contributed by atoms with van der Waals surface area (Å²) in [6.07, 6.45) is -5.37. The van der Waals surface area contributed by atoms with E-state index in [2.05, 4.69) is 76.5 Å². The van der Waals surface area contributed by atoms with Crippen LogP contribution in [0.4, 0.5) is 22.1 Å². The molecule has 2 amide bonds.